The molecule has 4 nitrogen and oxygen atoms in total. The van der Waals surface area contributed by atoms with Gasteiger partial charge in [0.15, 0.2) is 0 Å². The number of aliphatic hydroxyl groups excluding tert-OH is 1. The summed E-state index contributed by atoms with van der Waals surface area (Å²) in [6.45, 7) is 1.69. The van der Waals surface area contributed by atoms with Gasteiger partial charge >= 0.3 is 5.97 Å². The molecule has 1 aliphatic heterocycles. The van der Waals surface area contributed by atoms with Gasteiger partial charge in [-0.1, -0.05) is 43.2 Å². The van der Waals surface area contributed by atoms with Crippen molar-refractivity contribution in [1.29, 1.82) is 0 Å². The Kier molecular flexibility index (Phi) is 4.79. The number of carbonyl (C=O) groups excluding carboxylic acids is 1. The molecule has 1 saturated heterocycles. The molecule has 2 unspecified atom stereocenters. The van der Waals surface area contributed by atoms with Crippen molar-refractivity contribution in [3.05, 3.63) is 35.9 Å². The first-order valence-electron chi connectivity index (χ1n) is 8.38. The minimum Gasteiger partial charge on any atom is -0.454 e. The minimum atomic E-state index is -0.546. The minimum absolute atomic E-state index is 0.224. The second kappa shape index (κ2) is 6.80. The molecule has 3 rings (SSSR count). The Labute approximate surface area is 131 Å². The van der Waals surface area contributed by atoms with Gasteiger partial charge in [0.1, 0.15) is 5.60 Å². The smallest absolute Gasteiger partial charge is 0.312 e. The Morgan fingerprint density at radius 1 is 1.14 bits per heavy atom. The van der Waals surface area contributed by atoms with Gasteiger partial charge < -0.3 is 15.2 Å². The van der Waals surface area contributed by atoms with Gasteiger partial charge in [0, 0.05) is 12.8 Å². The Bertz CT molecular complexity index is 496. The van der Waals surface area contributed by atoms with Crippen molar-refractivity contribution in [2.24, 2.45) is 5.92 Å². The summed E-state index contributed by atoms with van der Waals surface area (Å²) in [5, 5.41) is 13.4. The van der Waals surface area contributed by atoms with Crippen LogP contribution in [-0.4, -0.2) is 30.3 Å². The maximum atomic E-state index is 12.7. The lowest BCUT2D eigenvalue weighted by molar-refractivity contribution is -0.175. The first-order valence-corrected chi connectivity index (χ1v) is 8.38. The Morgan fingerprint density at radius 3 is 2.50 bits per heavy atom. The molecular formula is C18H25NO3. The topological polar surface area (TPSA) is 58.6 Å². The number of piperidine rings is 1. The molecule has 0 bridgehead atoms. The largest absolute Gasteiger partial charge is 0.454 e. The van der Waals surface area contributed by atoms with E-state index in [0.717, 1.165) is 50.8 Å². The first kappa shape index (κ1) is 15.5. The maximum Gasteiger partial charge on any atom is 0.312 e. The van der Waals surface area contributed by atoms with Gasteiger partial charge in [-0.25, -0.2) is 0 Å². The number of rotatable bonds is 3. The molecule has 0 spiro atoms. The molecule has 1 saturated carbocycles. The lowest BCUT2D eigenvalue weighted by Crippen LogP contribution is -2.45. The first-order chi connectivity index (χ1) is 10.7. The van der Waals surface area contributed by atoms with E-state index in [1.807, 2.05) is 30.3 Å². The molecule has 22 heavy (non-hydrogen) atoms. The highest BCUT2D eigenvalue weighted by molar-refractivity contribution is 5.74. The zero-order valence-corrected chi connectivity index (χ0v) is 13.0. The average molecular weight is 303 g/mol. The molecule has 2 atom stereocenters. The van der Waals surface area contributed by atoms with E-state index >= 15 is 0 Å². The van der Waals surface area contributed by atoms with Crippen LogP contribution in [-0.2, 0) is 15.1 Å². The maximum absolute atomic E-state index is 12.7. The second-order valence-corrected chi connectivity index (χ2v) is 6.49. The van der Waals surface area contributed by atoms with Crippen molar-refractivity contribution in [3.63, 3.8) is 0 Å². The van der Waals surface area contributed by atoms with Crippen LogP contribution < -0.4 is 5.32 Å². The summed E-state index contributed by atoms with van der Waals surface area (Å²) in [5.41, 5.74) is 0.524. The van der Waals surface area contributed by atoms with E-state index in [-0.39, 0.29) is 11.9 Å². The molecule has 1 aliphatic carbocycles. The van der Waals surface area contributed by atoms with Gasteiger partial charge in [-0.3, -0.25) is 4.79 Å². The molecule has 1 aromatic carbocycles. The van der Waals surface area contributed by atoms with Crippen molar-refractivity contribution in [3.8, 4) is 0 Å². The van der Waals surface area contributed by atoms with E-state index in [4.69, 9.17) is 4.74 Å². The highest BCUT2D eigenvalue weighted by atomic mass is 16.6. The number of benzene rings is 1. The molecule has 0 amide bonds. The summed E-state index contributed by atoms with van der Waals surface area (Å²) in [5.74, 6) is -0.581. The third-order valence-corrected chi connectivity index (χ3v) is 5.04. The molecule has 2 aliphatic rings. The summed E-state index contributed by atoms with van der Waals surface area (Å²) >= 11 is 0. The second-order valence-electron chi connectivity index (χ2n) is 6.49. The van der Waals surface area contributed by atoms with Crippen LogP contribution in [0, 0.1) is 5.92 Å². The Morgan fingerprint density at radius 2 is 1.82 bits per heavy atom. The van der Waals surface area contributed by atoms with E-state index in [9.17, 15) is 9.90 Å². The van der Waals surface area contributed by atoms with Gasteiger partial charge in [0.2, 0.25) is 0 Å². The number of nitrogens with one attached hydrogen (secondary N) is 1. The number of hydrogen-bond donors (Lipinski definition) is 2. The number of aliphatic hydroxyl groups is 1. The van der Waals surface area contributed by atoms with Gasteiger partial charge in [0.05, 0.1) is 12.0 Å². The number of carbonyl (C=O) groups is 1. The highest BCUT2D eigenvalue weighted by Gasteiger charge is 2.41. The fourth-order valence-corrected chi connectivity index (χ4v) is 3.68. The summed E-state index contributed by atoms with van der Waals surface area (Å²) < 4.78 is 6.04. The van der Waals surface area contributed by atoms with E-state index in [1.165, 1.54) is 0 Å². The number of ether oxygens (including phenoxy) is 1. The SMILES string of the molecule is O=C(OC1(c2ccccc2)CCNCC1)C1CCCCC1O. The van der Waals surface area contributed by atoms with Crippen LogP contribution >= 0.6 is 0 Å². The van der Waals surface area contributed by atoms with Crippen molar-refractivity contribution in [2.75, 3.05) is 13.1 Å². The number of hydrogen-bond acceptors (Lipinski definition) is 4. The van der Waals surface area contributed by atoms with Gasteiger partial charge in [0.25, 0.3) is 0 Å². The van der Waals surface area contributed by atoms with Crippen LogP contribution in [0.3, 0.4) is 0 Å². The zero-order valence-electron chi connectivity index (χ0n) is 13.0. The van der Waals surface area contributed by atoms with Crippen LogP contribution in [0.25, 0.3) is 0 Å². The normalized spacial score (nSPS) is 28.0. The molecule has 0 radical (unpaired) electrons. The third kappa shape index (κ3) is 3.18. The summed E-state index contributed by atoms with van der Waals surface area (Å²) in [6.07, 6.45) is 4.46. The van der Waals surface area contributed by atoms with Crippen LogP contribution in [0.5, 0.6) is 0 Å². The van der Waals surface area contributed by atoms with E-state index in [1.54, 1.807) is 0 Å². The molecule has 4 heteroatoms. The number of esters is 1. The molecule has 1 heterocycles. The fraction of sp³-hybridized carbons (Fsp3) is 0.611. The van der Waals surface area contributed by atoms with Crippen molar-refractivity contribution < 1.29 is 14.6 Å². The van der Waals surface area contributed by atoms with Crippen LogP contribution in [0.4, 0.5) is 0 Å². The molecule has 2 N–H and O–H groups in total. The molecule has 0 aromatic heterocycles. The zero-order chi connectivity index (χ0) is 15.4. The summed E-state index contributed by atoms with van der Waals surface area (Å²) in [6, 6.07) is 10.0. The van der Waals surface area contributed by atoms with Crippen molar-refractivity contribution in [2.45, 2.75) is 50.2 Å². The van der Waals surface area contributed by atoms with Gasteiger partial charge in [-0.2, -0.15) is 0 Å². The molecule has 120 valence electrons. The van der Waals surface area contributed by atoms with E-state index in [2.05, 4.69) is 5.32 Å². The molecular weight excluding hydrogens is 278 g/mol. The van der Waals surface area contributed by atoms with Gasteiger partial charge in [-0.15, -0.1) is 0 Å². The summed E-state index contributed by atoms with van der Waals surface area (Å²) in [4.78, 5) is 12.7. The summed E-state index contributed by atoms with van der Waals surface area (Å²) in [7, 11) is 0. The van der Waals surface area contributed by atoms with Crippen molar-refractivity contribution in [1.82, 2.24) is 5.32 Å². The lowest BCUT2D eigenvalue weighted by Gasteiger charge is -2.39. The van der Waals surface area contributed by atoms with Crippen molar-refractivity contribution >= 4 is 5.97 Å². The van der Waals surface area contributed by atoms with Gasteiger partial charge in [-0.05, 0) is 31.5 Å². The third-order valence-electron chi connectivity index (χ3n) is 5.04. The Balaban J connectivity index is 1.80. The standard InChI is InChI=1S/C18H25NO3/c20-16-9-5-4-8-15(16)17(21)22-18(10-12-19-13-11-18)14-6-2-1-3-7-14/h1-3,6-7,15-16,19-20H,4-5,8-13H2. The van der Waals surface area contributed by atoms with Crippen LogP contribution in [0.15, 0.2) is 30.3 Å². The monoisotopic (exact) mass is 303 g/mol. The average Bonchev–Trinajstić information content (AvgIpc) is 2.57. The van der Waals surface area contributed by atoms with Crippen LogP contribution in [0.2, 0.25) is 0 Å². The Hall–Kier alpha value is -1.39. The molecule has 2 fully saturated rings. The van der Waals surface area contributed by atoms with E-state index in [0.29, 0.717) is 6.42 Å². The lowest BCUT2D eigenvalue weighted by atomic mass is 9.83. The fourth-order valence-electron chi connectivity index (χ4n) is 3.68. The predicted molar refractivity (Wildman–Crippen MR) is 84.3 cm³/mol. The molecule has 1 aromatic rings. The quantitative estimate of drug-likeness (QED) is 0.842. The van der Waals surface area contributed by atoms with E-state index < -0.39 is 11.7 Å². The van der Waals surface area contributed by atoms with Crippen LogP contribution in [0.1, 0.15) is 44.1 Å². The predicted octanol–water partition coefficient (Wildman–Crippen LogP) is 2.36. The highest BCUT2D eigenvalue weighted by Crippen LogP contribution is 2.37.